The van der Waals surface area contributed by atoms with Crippen molar-refractivity contribution in [2.24, 2.45) is 5.73 Å². The van der Waals surface area contributed by atoms with Crippen molar-refractivity contribution in [3.05, 3.63) is 57.7 Å². The number of nitrogens with one attached hydrogen (secondary N) is 1. The monoisotopic (exact) mass is 332 g/mol. The standard InChI is InChI=1S/C15H17BrN4/c1-10-7-8-12(14(17)18)15(19-10)20(2)9-11-5-3-4-6-13(11)16/h3-8H,9H2,1-2H3,(H3,17,18). The average Bonchev–Trinajstić information content (AvgIpc) is 2.40. The quantitative estimate of drug-likeness (QED) is 0.667. The van der Waals surface area contributed by atoms with Crippen LogP contribution in [-0.2, 0) is 6.54 Å². The van der Waals surface area contributed by atoms with Gasteiger partial charge in [0.25, 0.3) is 0 Å². The van der Waals surface area contributed by atoms with Crippen LogP contribution in [0.15, 0.2) is 40.9 Å². The maximum Gasteiger partial charge on any atom is 0.139 e. The number of aryl methyl sites for hydroxylation is 1. The van der Waals surface area contributed by atoms with E-state index >= 15 is 0 Å². The molecule has 5 heteroatoms. The van der Waals surface area contributed by atoms with Crippen LogP contribution in [0.2, 0.25) is 0 Å². The lowest BCUT2D eigenvalue weighted by atomic mass is 10.1. The maximum absolute atomic E-state index is 7.66. The Balaban J connectivity index is 2.34. The van der Waals surface area contributed by atoms with E-state index in [1.807, 2.05) is 49.2 Å². The minimum atomic E-state index is 0.0338. The number of hydrogen-bond donors (Lipinski definition) is 2. The third-order valence-electron chi connectivity index (χ3n) is 3.03. The molecule has 0 amide bonds. The van der Waals surface area contributed by atoms with Crippen molar-refractivity contribution in [2.45, 2.75) is 13.5 Å². The predicted molar refractivity (Wildman–Crippen MR) is 86.2 cm³/mol. The Morgan fingerprint density at radius 3 is 2.65 bits per heavy atom. The van der Waals surface area contributed by atoms with E-state index < -0.39 is 0 Å². The second kappa shape index (κ2) is 6.05. The Morgan fingerprint density at radius 2 is 2.00 bits per heavy atom. The molecule has 0 aliphatic carbocycles. The van der Waals surface area contributed by atoms with E-state index in [-0.39, 0.29) is 5.84 Å². The first-order valence-electron chi connectivity index (χ1n) is 6.25. The van der Waals surface area contributed by atoms with Crippen LogP contribution in [0, 0.1) is 12.3 Å². The molecule has 0 unspecified atom stereocenters. The van der Waals surface area contributed by atoms with Gasteiger partial charge in [0.2, 0.25) is 0 Å². The fourth-order valence-corrected chi connectivity index (χ4v) is 2.41. The van der Waals surface area contributed by atoms with Crippen LogP contribution in [0.25, 0.3) is 0 Å². The molecule has 0 radical (unpaired) electrons. The highest BCUT2D eigenvalue weighted by Gasteiger charge is 2.13. The van der Waals surface area contributed by atoms with Crippen molar-refractivity contribution >= 4 is 27.6 Å². The SMILES string of the molecule is Cc1ccc(C(=N)N)c(N(C)Cc2ccccc2Br)n1. The summed E-state index contributed by atoms with van der Waals surface area (Å²) in [6, 6.07) is 11.8. The molecule has 0 bridgehead atoms. The first-order chi connectivity index (χ1) is 9.49. The van der Waals surface area contributed by atoms with Crippen molar-refractivity contribution in [1.29, 1.82) is 5.41 Å². The average molecular weight is 333 g/mol. The second-order valence-corrected chi connectivity index (χ2v) is 5.54. The van der Waals surface area contributed by atoms with E-state index in [4.69, 9.17) is 11.1 Å². The van der Waals surface area contributed by atoms with Gasteiger partial charge >= 0.3 is 0 Å². The van der Waals surface area contributed by atoms with Crippen molar-refractivity contribution in [2.75, 3.05) is 11.9 Å². The van der Waals surface area contributed by atoms with Gasteiger partial charge in [-0.15, -0.1) is 0 Å². The summed E-state index contributed by atoms with van der Waals surface area (Å²) in [6.07, 6.45) is 0. The Kier molecular flexibility index (Phi) is 4.39. The van der Waals surface area contributed by atoms with Gasteiger partial charge in [0.05, 0.1) is 5.56 Å². The molecule has 3 N–H and O–H groups in total. The van der Waals surface area contributed by atoms with Crippen LogP contribution in [0.4, 0.5) is 5.82 Å². The molecule has 0 atom stereocenters. The molecule has 0 saturated heterocycles. The Bertz CT molecular complexity index is 640. The summed E-state index contributed by atoms with van der Waals surface area (Å²) in [5.74, 6) is 0.764. The predicted octanol–water partition coefficient (Wildman–Crippen LogP) is 3.07. The van der Waals surface area contributed by atoms with Gasteiger partial charge in [0.1, 0.15) is 11.7 Å². The minimum Gasteiger partial charge on any atom is -0.384 e. The van der Waals surface area contributed by atoms with Gasteiger partial charge in [-0.25, -0.2) is 4.98 Å². The highest BCUT2D eigenvalue weighted by atomic mass is 79.9. The maximum atomic E-state index is 7.66. The topological polar surface area (TPSA) is 66.0 Å². The number of aromatic nitrogens is 1. The van der Waals surface area contributed by atoms with Crippen molar-refractivity contribution in [3.8, 4) is 0 Å². The molecule has 2 aromatic rings. The summed E-state index contributed by atoms with van der Waals surface area (Å²) in [7, 11) is 1.95. The minimum absolute atomic E-state index is 0.0338. The molecule has 0 saturated carbocycles. The molecular formula is C15H17BrN4. The zero-order valence-electron chi connectivity index (χ0n) is 11.5. The van der Waals surface area contributed by atoms with Crippen molar-refractivity contribution in [3.63, 3.8) is 0 Å². The fourth-order valence-electron chi connectivity index (χ4n) is 2.00. The van der Waals surface area contributed by atoms with E-state index in [0.717, 1.165) is 21.5 Å². The van der Waals surface area contributed by atoms with E-state index in [1.165, 1.54) is 0 Å². The molecule has 0 aliphatic heterocycles. The van der Waals surface area contributed by atoms with E-state index in [0.29, 0.717) is 12.1 Å². The third kappa shape index (κ3) is 3.17. The third-order valence-corrected chi connectivity index (χ3v) is 3.81. The molecule has 2 rings (SSSR count). The van der Waals surface area contributed by atoms with E-state index in [1.54, 1.807) is 0 Å². The van der Waals surface area contributed by atoms with Gasteiger partial charge in [-0.3, -0.25) is 5.41 Å². The highest BCUT2D eigenvalue weighted by molar-refractivity contribution is 9.10. The number of halogens is 1. The summed E-state index contributed by atoms with van der Waals surface area (Å²) >= 11 is 3.55. The second-order valence-electron chi connectivity index (χ2n) is 4.68. The molecule has 1 aromatic heterocycles. The van der Waals surface area contributed by atoms with Gasteiger partial charge in [-0.05, 0) is 30.7 Å². The highest BCUT2D eigenvalue weighted by Crippen LogP contribution is 2.22. The Morgan fingerprint density at radius 1 is 1.30 bits per heavy atom. The summed E-state index contributed by atoms with van der Waals surface area (Å²) < 4.78 is 1.06. The molecular weight excluding hydrogens is 316 g/mol. The Hall–Kier alpha value is -1.88. The van der Waals surface area contributed by atoms with E-state index in [9.17, 15) is 0 Å². The smallest absolute Gasteiger partial charge is 0.139 e. The summed E-state index contributed by atoms with van der Waals surface area (Å²) in [4.78, 5) is 6.51. The van der Waals surface area contributed by atoms with E-state index in [2.05, 4.69) is 27.0 Å². The number of benzene rings is 1. The number of hydrogen-bond acceptors (Lipinski definition) is 3. The lowest BCUT2D eigenvalue weighted by Crippen LogP contribution is -2.23. The van der Waals surface area contributed by atoms with Gasteiger partial charge in [-0.2, -0.15) is 0 Å². The number of pyridine rings is 1. The van der Waals surface area contributed by atoms with Crippen molar-refractivity contribution < 1.29 is 0 Å². The van der Waals surface area contributed by atoms with Gasteiger partial charge in [0.15, 0.2) is 0 Å². The first kappa shape index (κ1) is 14.5. The van der Waals surface area contributed by atoms with Crippen LogP contribution in [0.5, 0.6) is 0 Å². The van der Waals surface area contributed by atoms with Crippen LogP contribution >= 0.6 is 15.9 Å². The normalized spacial score (nSPS) is 10.3. The summed E-state index contributed by atoms with van der Waals surface area (Å²) in [5, 5.41) is 7.66. The van der Waals surface area contributed by atoms with Gasteiger partial charge < -0.3 is 10.6 Å². The molecule has 20 heavy (non-hydrogen) atoms. The zero-order valence-corrected chi connectivity index (χ0v) is 13.1. The van der Waals surface area contributed by atoms with Gasteiger partial charge in [0, 0.05) is 23.8 Å². The largest absolute Gasteiger partial charge is 0.384 e. The summed E-state index contributed by atoms with van der Waals surface area (Å²) in [6.45, 7) is 2.62. The molecule has 4 nitrogen and oxygen atoms in total. The van der Waals surface area contributed by atoms with Crippen LogP contribution in [-0.4, -0.2) is 17.9 Å². The number of nitrogens with zero attached hydrogens (tertiary/aromatic N) is 2. The lowest BCUT2D eigenvalue weighted by Gasteiger charge is -2.22. The molecule has 1 heterocycles. The molecule has 0 aliphatic rings. The Labute approximate surface area is 127 Å². The van der Waals surface area contributed by atoms with Crippen LogP contribution < -0.4 is 10.6 Å². The lowest BCUT2D eigenvalue weighted by molar-refractivity contribution is 0.886. The van der Waals surface area contributed by atoms with Crippen LogP contribution in [0.1, 0.15) is 16.8 Å². The molecule has 0 fully saturated rings. The number of nitrogen functional groups attached to an aromatic ring is 1. The first-order valence-corrected chi connectivity index (χ1v) is 7.05. The summed E-state index contributed by atoms with van der Waals surface area (Å²) in [5.41, 5.74) is 8.36. The van der Waals surface area contributed by atoms with Crippen molar-refractivity contribution in [1.82, 2.24) is 4.98 Å². The molecule has 0 spiro atoms. The molecule has 104 valence electrons. The number of nitrogens with two attached hydrogens (primary N) is 1. The van der Waals surface area contributed by atoms with Crippen LogP contribution in [0.3, 0.4) is 0 Å². The zero-order chi connectivity index (χ0) is 14.7. The van der Waals surface area contributed by atoms with Gasteiger partial charge in [-0.1, -0.05) is 34.1 Å². The fraction of sp³-hybridized carbons (Fsp3) is 0.200. The number of rotatable bonds is 4. The number of anilines is 1. The number of amidine groups is 1. The molecule has 1 aromatic carbocycles.